The van der Waals surface area contributed by atoms with Crippen LogP contribution in [0.3, 0.4) is 0 Å². The van der Waals surface area contributed by atoms with Crippen LogP contribution in [0, 0.1) is 5.92 Å². The molecule has 0 heterocycles. The highest BCUT2D eigenvalue weighted by Crippen LogP contribution is 2.30. The third-order valence-electron chi connectivity index (χ3n) is 4.47. The molecule has 6 nitrogen and oxygen atoms in total. The Hall–Kier alpha value is -2.54. The normalized spacial score (nSPS) is 13.9. The van der Waals surface area contributed by atoms with Crippen LogP contribution in [0.5, 0.6) is 11.5 Å². The lowest BCUT2D eigenvalue weighted by molar-refractivity contribution is -0.129. The molecule has 0 bridgehead atoms. The van der Waals surface area contributed by atoms with E-state index in [2.05, 4.69) is 0 Å². The Kier molecular flexibility index (Phi) is 5.70. The number of benzene rings is 2. The number of rotatable bonds is 8. The first kappa shape index (κ1) is 19.2. The van der Waals surface area contributed by atoms with E-state index < -0.39 is 10.1 Å². The second-order valence-electron chi connectivity index (χ2n) is 6.70. The predicted molar refractivity (Wildman–Crippen MR) is 101 cm³/mol. The monoisotopic (exact) mass is 389 g/mol. The highest BCUT2D eigenvalue weighted by Gasteiger charge is 2.25. The summed E-state index contributed by atoms with van der Waals surface area (Å²) in [5.41, 5.74) is 0.931. The van der Waals surface area contributed by atoms with Gasteiger partial charge in [-0.25, -0.2) is 0 Å². The first-order chi connectivity index (χ1) is 12.9. The van der Waals surface area contributed by atoms with Crippen molar-refractivity contribution in [2.75, 3.05) is 13.7 Å². The molecule has 0 aromatic heterocycles. The van der Waals surface area contributed by atoms with Crippen LogP contribution in [0.1, 0.15) is 25.3 Å². The zero-order chi connectivity index (χ0) is 19.4. The molecule has 0 saturated heterocycles. The summed E-state index contributed by atoms with van der Waals surface area (Å²) in [7, 11) is -2.40. The number of hydrogen-bond acceptors (Lipinski definition) is 5. The molecular weight excluding hydrogens is 366 g/mol. The lowest BCUT2D eigenvalue weighted by atomic mass is 10.2. The second-order valence-corrected chi connectivity index (χ2v) is 8.25. The first-order valence-electron chi connectivity index (χ1n) is 8.80. The van der Waals surface area contributed by atoms with Gasteiger partial charge in [0.05, 0.1) is 7.11 Å². The van der Waals surface area contributed by atoms with Crippen molar-refractivity contribution in [3.05, 3.63) is 54.1 Å². The van der Waals surface area contributed by atoms with Gasteiger partial charge in [0.1, 0.15) is 16.4 Å². The molecule has 1 fully saturated rings. The quantitative estimate of drug-likeness (QED) is 0.648. The minimum Gasteiger partial charge on any atom is -0.497 e. The molecule has 2 aromatic rings. The SMILES string of the molecule is COc1ccc(S(=O)(=O)Oc2ccc(CN(CC3CC3)C(C)=O)cc2)cc1. The molecular formula is C20H23NO5S. The van der Waals surface area contributed by atoms with E-state index in [1.807, 2.05) is 4.90 Å². The van der Waals surface area contributed by atoms with Crippen molar-refractivity contribution in [3.63, 3.8) is 0 Å². The van der Waals surface area contributed by atoms with E-state index in [4.69, 9.17) is 8.92 Å². The highest BCUT2D eigenvalue weighted by atomic mass is 32.2. The maximum absolute atomic E-state index is 12.4. The third kappa shape index (κ3) is 5.23. The summed E-state index contributed by atoms with van der Waals surface area (Å²) < 4.78 is 35.0. The van der Waals surface area contributed by atoms with Gasteiger partial charge >= 0.3 is 10.1 Å². The molecule has 0 N–H and O–H groups in total. The van der Waals surface area contributed by atoms with E-state index in [9.17, 15) is 13.2 Å². The van der Waals surface area contributed by atoms with E-state index in [1.54, 1.807) is 43.3 Å². The Labute approximate surface area is 159 Å². The van der Waals surface area contributed by atoms with Gasteiger partial charge < -0.3 is 13.8 Å². The number of nitrogens with zero attached hydrogens (tertiary/aromatic N) is 1. The Morgan fingerprint density at radius 2 is 1.63 bits per heavy atom. The Bertz CT molecular complexity index is 887. The van der Waals surface area contributed by atoms with Crippen molar-refractivity contribution in [2.24, 2.45) is 5.92 Å². The first-order valence-corrected chi connectivity index (χ1v) is 10.2. The summed E-state index contributed by atoms with van der Waals surface area (Å²) >= 11 is 0. The fourth-order valence-corrected chi connectivity index (χ4v) is 3.63. The average Bonchev–Trinajstić information content (AvgIpc) is 3.46. The van der Waals surface area contributed by atoms with Gasteiger partial charge in [-0.3, -0.25) is 4.79 Å². The topological polar surface area (TPSA) is 72.9 Å². The standard InChI is InChI=1S/C20H23NO5S/c1-15(22)21(13-16-3-4-16)14-17-5-7-19(8-6-17)26-27(23,24)20-11-9-18(25-2)10-12-20/h5-12,16H,3-4,13-14H2,1-2H3. The zero-order valence-corrected chi connectivity index (χ0v) is 16.2. The van der Waals surface area contributed by atoms with Crippen molar-refractivity contribution >= 4 is 16.0 Å². The van der Waals surface area contributed by atoms with Crippen LogP contribution in [-0.4, -0.2) is 32.9 Å². The van der Waals surface area contributed by atoms with Crippen molar-refractivity contribution in [1.29, 1.82) is 0 Å². The largest absolute Gasteiger partial charge is 0.497 e. The Balaban J connectivity index is 1.66. The fraction of sp³-hybridized carbons (Fsp3) is 0.350. The smallest absolute Gasteiger partial charge is 0.339 e. The van der Waals surface area contributed by atoms with Gasteiger partial charge in [-0.15, -0.1) is 0 Å². The van der Waals surface area contributed by atoms with Gasteiger partial charge in [0.15, 0.2) is 0 Å². The molecule has 1 amide bonds. The molecule has 27 heavy (non-hydrogen) atoms. The van der Waals surface area contributed by atoms with Gasteiger partial charge in [0.25, 0.3) is 0 Å². The molecule has 0 spiro atoms. The maximum atomic E-state index is 12.4. The number of ether oxygens (including phenoxy) is 1. The summed E-state index contributed by atoms with van der Waals surface area (Å²) in [4.78, 5) is 13.7. The molecule has 1 aliphatic rings. The predicted octanol–water partition coefficient (Wildman–Crippen LogP) is 3.22. The van der Waals surface area contributed by atoms with Crippen molar-refractivity contribution in [2.45, 2.75) is 31.2 Å². The van der Waals surface area contributed by atoms with Gasteiger partial charge in [-0.2, -0.15) is 8.42 Å². The van der Waals surface area contributed by atoms with Crippen LogP contribution < -0.4 is 8.92 Å². The molecule has 0 aliphatic heterocycles. The van der Waals surface area contributed by atoms with Crippen LogP contribution in [0.2, 0.25) is 0 Å². The summed E-state index contributed by atoms with van der Waals surface area (Å²) in [5, 5.41) is 0. The Morgan fingerprint density at radius 3 is 2.15 bits per heavy atom. The van der Waals surface area contributed by atoms with Crippen LogP contribution in [0.4, 0.5) is 0 Å². The number of hydrogen-bond donors (Lipinski definition) is 0. The van der Waals surface area contributed by atoms with Crippen molar-refractivity contribution in [3.8, 4) is 11.5 Å². The summed E-state index contributed by atoms with van der Waals surface area (Å²) in [6.07, 6.45) is 2.36. The van der Waals surface area contributed by atoms with Gasteiger partial charge in [-0.1, -0.05) is 12.1 Å². The Morgan fingerprint density at radius 1 is 1.04 bits per heavy atom. The highest BCUT2D eigenvalue weighted by molar-refractivity contribution is 7.87. The lowest BCUT2D eigenvalue weighted by Gasteiger charge is -2.21. The molecule has 0 unspecified atom stereocenters. The van der Waals surface area contributed by atoms with Crippen molar-refractivity contribution < 1.29 is 22.1 Å². The molecule has 2 aromatic carbocycles. The molecule has 7 heteroatoms. The number of methoxy groups -OCH3 is 1. The molecule has 0 radical (unpaired) electrons. The maximum Gasteiger partial charge on any atom is 0.339 e. The molecule has 1 saturated carbocycles. The minimum absolute atomic E-state index is 0.0457. The lowest BCUT2D eigenvalue weighted by Crippen LogP contribution is -2.30. The number of carbonyl (C=O) groups excluding carboxylic acids is 1. The molecule has 144 valence electrons. The minimum atomic E-state index is -3.92. The average molecular weight is 389 g/mol. The summed E-state index contributed by atoms with van der Waals surface area (Å²) in [5.74, 6) is 1.46. The zero-order valence-electron chi connectivity index (χ0n) is 15.4. The fourth-order valence-electron chi connectivity index (χ4n) is 2.70. The molecule has 3 rings (SSSR count). The molecule has 0 atom stereocenters. The van der Waals surface area contributed by atoms with Crippen LogP contribution in [0.25, 0.3) is 0 Å². The van der Waals surface area contributed by atoms with Crippen LogP contribution in [-0.2, 0) is 21.5 Å². The van der Waals surface area contributed by atoms with Gasteiger partial charge in [0, 0.05) is 20.0 Å². The number of amides is 1. The van der Waals surface area contributed by atoms with E-state index in [0.29, 0.717) is 18.2 Å². The van der Waals surface area contributed by atoms with E-state index in [0.717, 1.165) is 12.1 Å². The van der Waals surface area contributed by atoms with Crippen LogP contribution >= 0.6 is 0 Å². The van der Waals surface area contributed by atoms with Gasteiger partial charge in [-0.05, 0) is 60.7 Å². The summed E-state index contributed by atoms with van der Waals surface area (Å²) in [6, 6.07) is 12.8. The van der Waals surface area contributed by atoms with E-state index >= 15 is 0 Å². The van der Waals surface area contributed by atoms with Crippen LogP contribution in [0.15, 0.2) is 53.4 Å². The molecule has 1 aliphatic carbocycles. The van der Waals surface area contributed by atoms with Crippen molar-refractivity contribution in [1.82, 2.24) is 4.90 Å². The number of carbonyl (C=O) groups is 1. The van der Waals surface area contributed by atoms with E-state index in [1.165, 1.54) is 32.1 Å². The van der Waals surface area contributed by atoms with E-state index in [-0.39, 0.29) is 16.6 Å². The second kappa shape index (κ2) is 8.00. The summed E-state index contributed by atoms with van der Waals surface area (Å²) in [6.45, 7) is 2.86. The third-order valence-corrected chi connectivity index (χ3v) is 5.73. The van der Waals surface area contributed by atoms with Gasteiger partial charge in [0.2, 0.25) is 5.91 Å².